The molecule has 182 valence electrons. The maximum Gasteiger partial charge on any atom is 0.346 e. The molecule has 2 nitrogen and oxygen atoms in total. The Balaban J connectivity index is 1.33. The number of halogens is 1. The van der Waals surface area contributed by atoms with E-state index in [1.165, 1.54) is 83.5 Å². The highest BCUT2D eigenvalue weighted by Gasteiger charge is 2.20. The van der Waals surface area contributed by atoms with Crippen molar-refractivity contribution in [1.82, 2.24) is 0 Å². The monoisotopic (exact) mass is 454 g/mol. The number of allylic oxidation sites excluding steroid dienone is 2. The number of hydrogen-bond acceptors (Lipinski definition) is 2. The predicted molar refractivity (Wildman–Crippen MR) is 137 cm³/mol. The number of fused-ring (bicyclic) bond motifs is 1. The molecule has 0 bridgehead atoms. The number of aryl methyl sites for hydroxylation is 1. The molecule has 0 saturated heterocycles. The van der Waals surface area contributed by atoms with Crippen molar-refractivity contribution in [3.05, 3.63) is 57.9 Å². The van der Waals surface area contributed by atoms with Crippen molar-refractivity contribution in [3.8, 4) is 0 Å². The molecule has 3 heteroatoms. The smallest absolute Gasteiger partial charge is 0.346 e. The van der Waals surface area contributed by atoms with E-state index in [0.29, 0.717) is 23.1 Å². The van der Waals surface area contributed by atoms with Gasteiger partial charge in [0.05, 0.1) is 0 Å². The van der Waals surface area contributed by atoms with Crippen molar-refractivity contribution >= 4 is 10.8 Å². The van der Waals surface area contributed by atoms with Crippen LogP contribution in [0.25, 0.3) is 10.8 Å². The van der Waals surface area contributed by atoms with Crippen LogP contribution in [0.5, 0.6) is 0 Å². The van der Waals surface area contributed by atoms with E-state index in [2.05, 4.69) is 19.1 Å². The quantitative estimate of drug-likeness (QED) is 0.223. The first kappa shape index (κ1) is 25.7. The standard InChI is InChI=1S/C30H43FO2/c1-3-4-5-6-7-8-9-10-13-24-16-18-25(19-17-24)14-11-12-15-26-20-21-27-22-23(2)33-30(32)28(27)29(26)31/h11-12,20-22,24-25H,3-10,13-19H2,1-2H3/b12-11+. The number of rotatable bonds is 13. The van der Waals surface area contributed by atoms with Gasteiger partial charge in [0.15, 0.2) is 0 Å². The zero-order valence-electron chi connectivity index (χ0n) is 20.8. The van der Waals surface area contributed by atoms with Gasteiger partial charge in [-0.25, -0.2) is 9.18 Å². The molecule has 0 unspecified atom stereocenters. The molecule has 0 atom stereocenters. The van der Waals surface area contributed by atoms with E-state index < -0.39 is 11.4 Å². The van der Waals surface area contributed by atoms with Gasteiger partial charge in [0.1, 0.15) is 17.0 Å². The molecule has 3 rings (SSSR count). The van der Waals surface area contributed by atoms with Crippen LogP contribution in [0.2, 0.25) is 0 Å². The van der Waals surface area contributed by atoms with E-state index in [4.69, 9.17) is 4.42 Å². The van der Waals surface area contributed by atoms with Crippen molar-refractivity contribution < 1.29 is 8.81 Å². The topological polar surface area (TPSA) is 30.2 Å². The number of benzene rings is 1. The highest BCUT2D eigenvalue weighted by Crippen LogP contribution is 2.34. The molecule has 2 aromatic rings. The minimum Gasteiger partial charge on any atom is -0.428 e. The number of hydrogen-bond donors (Lipinski definition) is 0. The van der Waals surface area contributed by atoms with E-state index in [1.807, 2.05) is 6.07 Å². The summed E-state index contributed by atoms with van der Waals surface area (Å²) in [5.41, 5.74) is -0.0268. The second-order valence-corrected chi connectivity index (χ2v) is 10.2. The first-order chi connectivity index (χ1) is 16.1. The molecule has 0 N–H and O–H groups in total. The van der Waals surface area contributed by atoms with Crippen LogP contribution in [0.4, 0.5) is 4.39 Å². The Morgan fingerprint density at radius 1 is 0.939 bits per heavy atom. The summed E-state index contributed by atoms with van der Waals surface area (Å²) in [6.07, 6.45) is 24.0. The fraction of sp³-hybridized carbons (Fsp3) is 0.633. The lowest BCUT2D eigenvalue weighted by Gasteiger charge is -2.28. The van der Waals surface area contributed by atoms with Gasteiger partial charge in [0.2, 0.25) is 0 Å². The maximum atomic E-state index is 14.8. The highest BCUT2D eigenvalue weighted by molar-refractivity contribution is 5.82. The van der Waals surface area contributed by atoms with Gasteiger partial charge in [0.25, 0.3) is 0 Å². The van der Waals surface area contributed by atoms with Gasteiger partial charge in [-0.15, -0.1) is 0 Å². The van der Waals surface area contributed by atoms with Gasteiger partial charge in [-0.1, -0.05) is 102 Å². The number of unbranched alkanes of at least 4 members (excludes halogenated alkanes) is 7. The van der Waals surface area contributed by atoms with Crippen molar-refractivity contribution in [3.63, 3.8) is 0 Å². The summed E-state index contributed by atoms with van der Waals surface area (Å²) >= 11 is 0. The van der Waals surface area contributed by atoms with Crippen LogP contribution >= 0.6 is 0 Å². The van der Waals surface area contributed by atoms with Gasteiger partial charge in [-0.3, -0.25) is 0 Å². The van der Waals surface area contributed by atoms with Gasteiger partial charge >= 0.3 is 5.63 Å². The molecule has 0 aliphatic heterocycles. The molecule has 1 aromatic carbocycles. The van der Waals surface area contributed by atoms with E-state index >= 15 is 0 Å². The molecule has 1 aliphatic rings. The highest BCUT2D eigenvalue weighted by atomic mass is 19.1. The third kappa shape index (κ3) is 8.12. The molecule has 0 amide bonds. The minimum atomic E-state index is -0.586. The van der Waals surface area contributed by atoms with Crippen LogP contribution in [0.3, 0.4) is 0 Å². The average Bonchev–Trinajstić information content (AvgIpc) is 2.80. The zero-order chi connectivity index (χ0) is 23.5. The molecule has 0 radical (unpaired) electrons. The first-order valence-electron chi connectivity index (χ1n) is 13.4. The van der Waals surface area contributed by atoms with E-state index in [1.54, 1.807) is 19.1 Å². The molecular weight excluding hydrogens is 411 g/mol. The molecule has 33 heavy (non-hydrogen) atoms. The Bertz CT molecular complexity index is 934. The largest absolute Gasteiger partial charge is 0.428 e. The second-order valence-electron chi connectivity index (χ2n) is 10.2. The third-order valence-corrected chi connectivity index (χ3v) is 7.48. The van der Waals surface area contributed by atoms with Crippen LogP contribution in [-0.4, -0.2) is 0 Å². The van der Waals surface area contributed by atoms with Gasteiger partial charge < -0.3 is 4.42 Å². The van der Waals surface area contributed by atoms with Crippen molar-refractivity contribution in [2.75, 3.05) is 0 Å². The summed E-state index contributed by atoms with van der Waals surface area (Å²) in [4.78, 5) is 12.1. The zero-order valence-corrected chi connectivity index (χ0v) is 20.8. The molecule has 0 spiro atoms. The Labute approximate surface area is 199 Å². The van der Waals surface area contributed by atoms with Gasteiger partial charge in [-0.05, 0) is 61.5 Å². The van der Waals surface area contributed by atoms with Crippen LogP contribution in [-0.2, 0) is 6.42 Å². The summed E-state index contributed by atoms with van der Waals surface area (Å²) < 4.78 is 19.9. The lowest BCUT2D eigenvalue weighted by Crippen LogP contribution is -2.14. The average molecular weight is 455 g/mol. The predicted octanol–water partition coefficient (Wildman–Crippen LogP) is 9.07. The normalized spacial score (nSPS) is 19.0. The molecule has 1 aliphatic carbocycles. The van der Waals surface area contributed by atoms with Crippen molar-refractivity contribution in [1.29, 1.82) is 0 Å². The Morgan fingerprint density at radius 3 is 2.33 bits per heavy atom. The molecule has 1 saturated carbocycles. The lowest BCUT2D eigenvalue weighted by atomic mass is 9.78. The maximum absolute atomic E-state index is 14.8. The summed E-state index contributed by atoms with van der Waals surface area (Å²) in [7, 11) is 0. The van der Waals surface area contributed by atoms with Crippen LogP contribution in [0.1, 0.15) is 108 Å². The molecular formula is C30H43FO2. The molecule has 1 fully saturated rings. The SMILES string of the molecule is CCCCCCCCCCC1CCC(C/C=C/Cc2ccc3cc(C)oc(=O)c3c2F)CC1. The Kier molecular flexibility index (Phi) is 10.7. The summed E-state index contributed by atoms with van der Waals surface area (Å²) in [5.74, 6) is 1.78. The van der Waals surface area contributed by atoms with E-state index in [0.717, 1.165) is 18.3 Å². The minimum absolute atomic E-state index is 0.0707. The van der Waals surface area contributed by atoms with Crippen LogP contribution in [0.15, 0.2) is 39.6 Å². The molecule has 1 heterocycles. The van der Waals surface area contributed by atoms with E-state index in [-0.39, 0.29) is 5.39 Å². The van der Waals surface area contributed by atoms with Gasteiger partial charge in [-0.2, -0.15) is 0 Å². The lowest BCUT2D eigenvalue weighted by molar-refractivity contribution is 0.259. The fourth-order valence-corrected chi connectivity index (χ4v) is 5.39. The van der Waals surface area contributed by atoms with Crippen molar-refractivity contribution in [2.24, 2.45) is 11.8 Å². The molecule has 1 aromatic heterocycles. The van der Waals surface area contributed by atoms with Crippen molar-refractivity contribution in [2.45, 2.75) is 110 Å². The van der Waals surface area contributed by atoms with Crippen LogP contribution in [0, 0.1) is 24.6 Å². The fourth-order valence-electron chi connectivity index (χ4n) is 5.39. The summed E-state index contributed by atoms with van der Waals surface area (Å²) in [6, 6.07) is 5.32. The van der Waals surface area contributed by atoms with E-state index in [9.17, 15) is 9.18 Å². The second kappa shape index (κ2) is 13.7. The summed E-state index contributed by atoms with van der Waals surface area (Å²) in [6.45, 7) is 3.99. The first-order valence-corrected chi connectivity index (χ1v) is 13.4. The van der Waals surface area contributed by atoms with Gasteiger partial charge in [0, 0.05) is 0 Å². The third-order valence-electron chi connectivity index (χ3n) is 7.48. The summed E-state index contributed by atoms with van der Waals surface area (Å²) in [5, 5.41) is 0.680. The Morgan fingerprint density at radius 2 is 1.61 bits per heavy atom. The Hall–Kier alpha value is -1.90. The van der Waals surface area contributed by atoms with Crippen LogP contribution < -0.4 is 5.63 Å².